The number of aromatic nitrogens is 3. The molecule has 2 aromatic carbocycles. The van der Waals surface area contributed by atoms with E-state index in [0.717, 1.165) is 41.1 Å². The summed E-state index contributed by atoms with van der Waals surface area (Å²) in [7, 11) is 0. The molecule has 0 spiro atoms. The molecule has 4 aromatic rings. The summed E-state index contributed by atoms with van der Waals surface area (Å²) in [5.74, 6) is 0.748. The third kappa shape index (κ3) is 4.22. The molecule has 4 rings (SSSR count). The maximum absolute atomic E-state index is 13.0. The summed E-state index contributed by atoms with van der Waals surface area (Å²) in [5, 5.41) is 3.14. The van der Waals surface area contributed by atoms with Crippen molar-refractivity contribution >= 4 is 17.1 Å². The molecule has 5 heteroatoms. The normalized spacial score (nSPS) is 12.1. The van der Waals surface area contributed by atoms with Crippen molar-refractivity contribution in [3.05, 3.63) is 83.0 Å². The SMILES string of the molecule is CCCn1c(-c2cccc(C(=O)N[C@@H](C)c3ccc(C)cc3C)c2)nc2cccnc21. The monoisotopic (exact) mass is 412 g/mol. The van der Waals surface area contributed by atoms with Gasteiger partial charge in [0.2, 0.25) is 0 Å². The fraction of sp³-hybridized carbons (Fsp3) is 0.269. The number of rotatable bonds is 6. The molecule has 158 valence electrons. The van der Waals surface area contributed by atoms with Gasteiger partial charge in [0.15, 0.2) is 5.65 Å². The first-order chi connectivity index (χ1) is 15.0. The van der Waals surface area contributed by atoms with E-state index in [-0.39, 0.29) is 11.9 Å². The molecule has 2 aromatic heterocycles. The first-order valence-corrected chi connectivity index (χ1v) is 10.8. The van der Waals surface area contributed by atoms with Crippen LogP contribution in [0.25, 0.3) is 22.6 Å². The van der Waals surface area contributed by atoms with Crippen molar-refractivity contribution in [2.75, 3.05) is 0 Å². The standard InChI is InChI=1S/C26H28N4O/c1-5-14-30-24(29-23-10-7-13-27-25(23)30)20-8-6-9-21(16-20)26(31)28-19(4)22-12-11-17(2)15-18(22)3/h6-13,15-16,19H,5,14H2,1-4H3,(H,28,31)/t19-/m0/s1. The summed E-state index contributed by atoms with van der Waals surface area (Å²) in [4.78, 5) is 22.3. The minimum Gasteiger partial charge on any atom is -0.346 e. The van der Waals surface area contributed by atoms with Crippen molar-refractivity contribution in [1.82, 2.24) is 19.9 Å². The van der Waals surface area contributed by atoms with Gasteiger partial charge in [0.1, 0.15) is 11.3 Å². The Kier molecular flexibility index (Phi) is 5.85. The van der Waals surface area contributed by atoms with E-state index in [4.69, 9.17) is 4.98 Å². The van der Waals surface area contributed by atoms with Crippen LogP contribution in [-0.4, -0.2) is 20.4 Å². The Labute approximate surface area is 183 Å². The number of benzene rings is 2. The number of pyridine rings is 1. The first-order valence-electron chi connectivity index (χ1n) is 10.8. The third-order valence-corrected chi connectivity index (χ3v) is 5.57. The molecule has 1 N–H and O–H groups in total. The Morgan fingerprint density at radius 1 is 1.10 bits per heavy atom. The Balaban J connectivity index is 1.63. The van der Waals surface area contributed by atoms with Crippen molar-refractivity contribution in [3.8, 4) is 11.4 Å². The van der Waals surface area contributed by atoms with Crippen LogP contribution in [0.4, 0.5) is 0 Å². The minimum atomic E-state index is -0.0920. The van der Waals surface area contributed by atoms with Crippen LogP contribution in [0.3, 0.4) is 0 Å². The second-order valence-electron chi connectivity index (χ2n) is 8.07. The highest BCUT2D eigenvalue weighted by atomic mass is 16.1. The number of hydrogen-bond donors (Lipinski definition) is 1. The van der Waals surface area contributed by atoms with Crippen molar-refractivity contribution in [2.24, 2.45) is 0 Å². The number of amides is 1. The van der Waals surface area contributed by atoms with E-state index >= 15 is 0 Å². The lowest BCUT2D eigenvalue weighted by atomic mass is 10.00. The van der Waals surface area contributed by atoms with Crippen LogP contribution < -0.4 is 5.32 Å². The maximum Gasteiger partial charge on any atom is 0.251 e. The molecular weight excluding hydrogens is 384 g/mol. The summed E-state index contributed by atoms with van der Waals surface area (Å²) in [6, 6.07) is 17.8. The molecule has 5 nitrogen and oxygen atoms in total. The van der Waals surface area contributed by atoms with E-state index in [1.807, 2.05) is 43.3 Å². The Morgan fingerprint density at radius 3 is 2.71 bits per heavy atom. The Bertz CT molecular complexity index is 1240. The fourth-order valence-corrected chi connectivity index (χ4v) is 4.08. The molecule has 2 heterocycles. The van der Waals surface area contributed by atoms with E-state index in [2.05, 4.69) is 53.8 Å². The van der Waals surface area contributed by atoms with Crippen molar-refractivity contribution < 1.29 is 4.79 Å². The van der Waals surface area contributed by atoms with Crippen LogP contribution in [0.1, 0.15) is 53.4 Å². The zero-order valence-electron chi connectivity index (χ0n) is 18.5. The van der Waals surface area contributed by atoms with Gasteiger partial charge in [0.05, 0.1) is 6.04 Å². The van der Waals surface area contributed by atoms with E-state index in [9.17, 15) is 4.79 Å². The molecule has 1 atom stereocenters. The lowest BCUT2D eigenvalue weighted by Gasteiger charge is -2.17. The second kappa shape index (κ2) is 8.72. The molecular formula is C26H28N4O. The van der Waals surface area contributed by atoms with Gasteiger partial charge >= 0.3 is 0 Å². The molecule has 0 aliphatic rings. The van der Waals surface area contributed by atoms with Gasteiger partial charge in [0.25, 0.3) is 5.91 Å². The molecule has 0 saturated heterocycles. The molecule has 31 heavy (non-hydrogen) atoms. The predicted octanol–water partition coefficient (Wildman–Crippen LogP) is 5.62. The quantitative estimate of drug-likeness (QED) is 0.447. The molecule has 0 bridgehead atoms. The number of aryl methyl sites for hydroxylation is 3. The summed E-state index contributed by atoms with van der Waals surface area (Å²) in [6.07, 6.45) is 2.76. The van der Waals surface area contributed by atoms with Crippen LogP contribution >= 0.6 is 0 Å². The van der Waals surface area contributed by atoms with Gasteiger partial charge in [-0.1, -0.05) is 42.8 Å². The van der Waals surface area contributed by atoms with Crippen molar-refractivity contribution in [1.29, 1.82) is 0 Å². The number of carbonyl (C=O) groups excluding carboxylic acids is 1. The lowest BCUT2D eigenvalue weighted by Crippen LogP contribution is -2.27. The summed E-state index contributed by atoms with van der Waals surface area (Å²) in [6.45, 7) is 9.14. The van der Waals surface area contributed by atoms with Gasteiger partial charge in [-0.3, -0.25) is 4.79 Å². The summed E-state index contributed by atoms with van der Waals surface area (Å²) < 4.78 is 2.13. The molecule has 0 saturated carbocycles. The highest BCUT2D eigenvalue weighted by Gasteiger charge is 2.17. The van der Waals surface area contributed by atoms with Crippen LogP contribution in [0.2, 0.25) is 0 Å². The average molecular weight is 413 g/mol. The number of nitrogens with one attached hydrogen (secondary N) is 1. The molecule has 0 aliphatic carbocycles. The average Bonchev–Trinajstić information content (AvgIpc) is 3.12. The summed E-state index contributed by atoms with van der Waals surface area (Å²) >= 11 is 0. The Hall–Kier alpha value is -3.47. The first kappa shape index (κ1) is 20.8. The van der Waals surface area contributed by atoms with E-state index in [0.29, 0.717) is 5.56 Å². The molecule has 0 fully saturated rings. The van der Waals surface area contributed by atoms with Gasteiger partial charge in [-0.25, -0.2) is 9.97 Å². The molecule has 1 amide bonds. The zero-order chi connectivity index (χ0) is 22.0. The molecule has 0 aliphatic heterocycles. The fourth-order valence-electron chi connectivity index (χ4n) is 4.08. The van der Waals surface area contributed by atoms with Gasteiger partial charge in [-0.15, -0.1) is 0 Å². The minimum absolute atomic E-state index is 0.0781. The number of carbonyl (C=O) groups is 1. The number of imidazole rings is 1. The number of hydrogen-bond acceptors (Lipinski definition) is 3. The Morgan fingerprint density at radius 2 is 1.94 bits per heavy atom. The highest BCUT2D eigenvalue weighted by Crippen LogP contribution is 2.25. The highest BCUT2D eigenvalue weighted by molar-refractivity contribution is 5.95. The van der Waals surface area contributed by atoms with Gasteiger partial charge in [-0.2, -0.15) is 0 Å². The topological polar surface area (TPSA) is 59.8 Å². The van der Waals surface area contributed by atoms with Gasteiger partial charge in [-0.05, 0) is 62.6 Å². The van der Waals surface area contributed by atoms with Crippen LogP contribution in [0.5, 0.6) is 0 Å². The van der Waals surface area contributed by atoms with Gasteiger partial charge in [0, 0.05) is 23.9 Å². The van der Waals surface area contributed by atoms with Crippen molar-refractivity contribution in [2.45, 2.75) is 46.7 Å². The smallest absolute Gasteiger partial charge is 0.251 e. The van der Waals surface area contributed by atoms with Crippen LogP contribution in [0.15, 0.2) is 60.8 Å². The molecule has 0 unspecified atom stereocenters. The molecule has 0 radical (unpaired) electrons. The second-order valence-corrected chi connectivity index (χ2v) is 8.07. The van der Waals surface area contributed by atoms with E-state index in [1.54, 1.807) is 6.20 Å². The lowest BCUT2D eigenvalue weighted by molar-refractivity contribution is 0.0940. The summed E-state index contributed by atoms with van der Waals surface area (Å²) in [5.41, 5.74) is 6.81. The third-order valence-electron chi connectivity index (χ3n) is 5.57. The number of nitrogens with zero attached hydrogens (tertiary/aromatic N) is 3. The van der Waals surface area contributed by atoms with Crippen LogP contribution in [0, 0.1) is 13.8 Å². The van der Waals surface area contributed by atoms with Gasteiger partial charge < -0.3 is 9.88 Å². The largest absolute Gasteiger partial charge is 0.346 e. The zero-order valence-corrected chi connectivity index (χ0v) is 18.5. The maximum atomic E-state index is 13.0. The number of fused-ring (bicyclic) bond motifs is 1. The predicted molar refractivity (Wildman–Crippen MR) is 125 cm³/mol. The van der Waals surface area contributed by atoms with Crippen LogP contribution in [-0.2, 0) is 6.54 Å². The van der Waals surface area contributed by atoms with Crippen molar-refractivity contribution in [3.63, 3.8) is 0 Å². The van der Waals surface area contributed by atoms with E-state index in [1.165, 1.54) is 11.1 Å². The van der Waals surface area contributed by atoms with E-state index < -0.39 is 0 Å².